The molecule has 1 fully saturated rings. The lowest BCUT2D eigenvalue weighted by molar-refractivity contribution is 0.102. The summed E-state index contributed by atoms with van der Waals surface area (Å²) in [5, 5.41) is 3.02. The van der Waals surface area contributed by atoms with Crippen LogP contribution in [0.3, 0.4) is 0 Å². The van der Waals surface area contributed by atoms with E-state index < -0.39 is 0 Å². The van der Waals surface area contributed by atoms with Crippen molar-refractivity contribution in [3.8, 4) is 0 Å². The number of aryl methyl sites for hydroxylation is 2. The van der Waals surface area contributed by atoms with Crippen LogP contribution >= 0.6 is 0 Å². The van der Waals surface area contributed by atoms with Crippen LogP contribution in [0.25, 0.3) is 0 Å². The molecule has 2 heterocycles. The number of benzene rings is 2. The molecule has 5 nitrogen and oxygen atoms in total. The highest BCUT2D eigenvalue weighted by molar-refractivity contribution is 6.05. The summed E-state index contributed by atoms with van der Waals surface area (Å²) in [6, 6.07) is 20.2. The molecule has 1 N–H and O–H groups in total. The number of hydrogen-bond acceptors (Lipinski definition) is 4. The molecule has 4 rings (SSSR count). The van der Waals surface area contributed by atoms with E-state index in [1.165, 1.54) is 11.3 Å². The Labute approximate surface area is 172 Å². The third-order valence-electron chi connectivity index (χ3n) is 5.36. The van der Waals surface area contributed by atoms with Crippen molar-refractivity contribution < 1.29 is 4.79 Å². The Morgan fingerprint density at radius 3 is 2.34 bits per heavy atom. The SMILES string of the molecule is Cc1ccc(NC(=O)c2ccnc(N3CCN(c4ccccc4)CC3)c2)c(C)c1. The van der Waals surface area contributed by atoms with Gasteiger partial charge in [-0.25, -0.2) is 4.98 Å². The maximum atomic E-state index is 12.8. The van der Waals surface area contributed by atoms with Crippen LogP contribution in [0.2, 0.25) is 0 Å². The van der Waals surface area contributed by atoms with Crippen LogP contribution in [0, 0.1) is 13.8 Å². The topological polar surface area (TPSA) is 48.5 Å². The first-order valence-electron chi connectivity index (χ1n) is 10.00. The van der Waals surface area contributed by atoms with Crippen LogP contribution in [0.1, 0.15) is 21.5 Å². The van der Waals surface area contributed by atoms with Crippen LogP contribution < -0.4 is 15.1 Å². The second-order valence-electron chi connectivity index (χ2n) is 7.48. The number of carbonyl (C=O) groups excluding carboxylic acids is 1. The van der Waals surface area contributed by atoms with Gasteiger partial charge in [-0.1, -0.05) is 35.9 Å². The summed E-state index contributed by atoms with van der Waals surface area (Å²) in [7, 11) is 0. The lowest BCUT2D eigenvalue weighted by atomic mass is 10.1. The molecular formula is C24H26N4O. The number of aromatic nitrogens is 1. The number of anilines is 3. The molecule has 5 heteroatoms. The lowest BCUT2D eigenvalue weighted by Gasteiger charge is -2.36. The zero-order chi connectivity index (χ0) is 20.2. The minimum absolute atomic E-state index is 0.108. The van der Waals surface area contributed by atoms with E-state index in [1.807, 2.05) is 38.1 Å². The van der Waals surface area contributed by atoms with Crippen LogP contribution in [0.15, 0.2) is 66.9 Å². The molecule has 0 bridgehead atoms. The fraction of sp³-hybridized carbons (Fsp3) is 0.250. The van der Waals surface area contributed by atoms with Crippen LogP contribution in [0.4, 0.5) is 17.2 Å². The third kappa shape index (κ3) is 4.40. The summed E-state index contributed by atoms with van der Waals surface area (Å²) in [5.41, 5.74) is 4.96. The summed E-state index contributed by atoms with van der Waals surface area (Å²) >= 11 is 0. The molecule has 0 aliphatic carbocycles. The molecule has 2 aromatic carbocycles. The van der Waals surface area contributed by atoms with Gasteiger partial charge in [0.15, 0.2) is 0 Å². The predicted molar refractivity (Wildman–Crippen MR) is 119 cm³/mol. The highest BCUT2D eigenvalue weighted by Gasteiger charge is 2.19. The molecule has 1 aliphatic rings. The Balaban J connectivity index is 1.43. The summed E-state index contributed by atoms with van der Waals surface area (Å²) < 4.78 is 0. The number of piperazine rings is 1. The number of nitrogens with zero attached hydrogens (tertiary/aromatic N) is 3. The predicted octanol–water partition coefficient (Wildman–Crippen LogP) is 4.28. The summed E-state index contributed by atoms with van der Waals surface area (Å²) in [4.78, 5) is 21.9. The highest BCUT2D eigenvalue weighted by atomic mass is 16.1. The molecule has 1 aromatic heterocycles. The Bertz CT molecular complexity index is 995. The van der Waals surface area contributed by atoms with E-state index in [4.69, 9.17) is 0 Å². The van der Waals surface area contributed by atoms with Crippen molar-refractivity contribution in [2.24, 2.45) is 0 Å². The molecule has 148 valence electrons. The van der Waals surface area contributed by atoms with Crippen molar-refractivity contribution in [2.75, 3.05) is 41.3 Å². The average Bonchev–Trinajstić information content (AvgIpc) is 2.76. The smallest absolute Gasteiger partial charge is 0.255 e. The number of carbonyl (C=O) groups is 1. The highest BCUT2D eigenvalue weighted by Crippen LogP contribution is 2.21. The van der Waals surface area contributed by atoms with Crippen LogP contribution in [0.5, 0.6) is 0 Å². The van der Waals surface area contributed by atoms with E-state index in [2.05, 4.69) is 50.4 Å². The Morgan fingerprint density at radius 1 is 0.897 bits per heavy atom. The molecule has 0 unspecified atom stereocenters. The van der Waals surface area contributed by atoms with E-state index in [0.29, 0.717) is 5.56 Å². The molecule has 3 aromatic rings. The van der Waals surface area contributed by atoms with Crippen LogP contribution in [-0.2, 0) is 0 Å². The number of para-hydroxylation sites is 1. The molecule has 1 amide bonds. The average molecular weight is 386 g/mol. The van der Waals surface area contributed by atoms with Gasteiger partial charge >= 0.3 is 0 Å². The number of amides is 1. The summed E-state index contributed by atoms with van der Waals surface area (Å²) in [6.07, 6.45) is 1.72. The molecule has 1 aliphatic heterocycles. The van der Waals surface area contributed by atoms with E-state index in [1.54, 1.807) is 12.3 Å². The van der Waals surface area contributed by atoms with Crippen molar-refractivity contribution in [1.29, 1.82) is 0 Å². The summed E-state index contributed by atoms with van der Waals surface area (Å²) in [5.74, 6) is 0.745. The fourth-order valence-electron chi connectivity index (χ4n) is 3.71. The van der Waals surface area contributed by atoms with Gasteiger partial charge in [0.1, 0.15) is 5.82 Å². The van der Waals surface area contributed by atoms with Gasteiger partial charge in [-0.2, -0.15) is 0 Å². The van der Waals surface area contributed by atoms with E-state index >= 15 is 0 Å². The van der Waals surface area contributed by atoms with Crippen molar-refractivity contribution in [3.63, 3.8) is 0 Å². The monoisotopic (exact) mass is 386 g/mol. The minimum Gasteiger partial charge on any atom is -0.368 e. The van der Waals surface area contributed by atoms with Crippen molar-refractivity contribution in [3.05, 3.63) is 83.6 Å². The van der Waals surface area contributed by atoms with Crippen molar-refractivity contribution in [1.82, 2.24) is 4.98 Å². The first-order chi connectivity index (χ1) is 14.1. The largest absolute Gasteiger partial charge is 0.368 e. The Kier molecular flexibility index (Phi) is 5.47. The Hall–Kier alpha value is -3.34. The zero-order valence-corrected chi connectivity index (χ0v) is 16.9. The van der Waals surface area contributed by atoms with Gasteiger partial charge in [0.25, 0.3) is 5.91 Å². The van der Waals surface area contributed by atoms with Crippen molar-refractivity contribution in [2.45, 2.75) is 13.8 Å². The van der Waals surface area contributed by atoms with Gasteiger partial charge in [-0.05, 0) is 49.7 Å². The molecule has 29 heavy (non-hydrogen) atoms. The van der Waals surface area contributed by atoms with E-state index in [9.17, 15) is 4.79 Å². The fourth-order valence-corrected chi connectivity index (χ4v) is 3.71. The minimum atomic E-state index is -0.108. The van der Waals surface area contributed by atoms with E-state index in [-0.39, 0.29) is 5.91 Å². The maximum Gasteiger partial charge on any atom is 0.255 e. The van der Waals surface area contributed by atoms with Gasteiger partial charge in [0.2, 0.25) is 0 Å². The molecule has 1 saturated heterocycles. The quantitative estimate of drug-likeness (QED) is 0.727. The second-order valence-corrected chi connectivity index (χ2v) is 7.48. The number of nitrogens with one attached hydrogen (secondary N) is 1. The van der Waals surface area contributed by atoms with E-state index in [0.717, 1.165) is 43.2 Å². The van der Waals surface area contributed by atoms with Gasteiger partial charge in [0.05, 0.1) is 0 Å². The maximum absolute atomic E-state index is 12.8. The first kappa shape index (κ1) is 19.0. The van der Waals surface area contributed by atoms with Gasteiger partial charge in [0, 0.05) is 49.3 Å². The van der Waals surface area contributed by atoms with Crippen molar-refractivity contribution >= 4 is 23.1 Å². The third-order valence-corrected chi connectivity index (χ3v) is 5.36. The van der Waals surface area contributed by atoms with Gasteiger partial charge in [-0.15, -0.1) is 0 Å². The standard InChI is InChI=1S/C24H26N4O/c1-18-8-9-22(19(2)16-18)26-24(29)20-10-11-25-23(17-20)28-14-12-27(13-15-28)21-6-4-3-5-7-21/h3-11,16-17H,12-15H2,1-2H3,(H,26,29). The summed E-state index contributed by atoms with van der Waals surface area (Å²) in [6.45, 7) is 7.68. The van der Waals surface area contributed by atoms with Gasteiger partial charge < -0.3 is 15.1 Å². The normalized spacial score (nSPS) is 14.0. The lowest BCUT2D eigenvalue weighted by Crippen LogP contribution is -2.46. The van der Waals surface area contributed by atoms with Gasteiger partial charge in [-0.3, -0.25) is 4.79 Å². The Morgan fingerprint density at radius 2 is 1.62 bits per heavy atom. The number of pyridine rings is 1. The molecule has 0 spiro atoms. The molecule has 0 atom stereocenters. The number of hydrogen-bond donors (Lipinski definition) is 1. The number of rotatable bonds is 4. The first-order valence-corrected chi connectivity index (χ1v) is 10.00. The second kappa shape index (κ2) is 8.35. The van der Waals surface area contributed by atoms with Crippen LogP contribution in [-0.4, -0.2) is 37.1 Å². The molecular weight excluding hydrogens is 360 g/mol. The molecule has 0 saturated carbocycles. The molecule has 0 radical (unpaired) electrons. The zero-order valence-electron chi connectivity index (χ0n) is 16.9.